The van der Waals surface area contributed by atoms with Crippen molar-refractivity contribution in [1.29, 1.82) is 0 Å². The number of rotatable bonds is 2. The summed E-state index contributed by atoms with van der Waals surface area (Å²) in [5.41, 5.74) is 7.33. The molecule has 0 aliphatic carbocycles. The molecule has 6 heteroatoms. The highest BCUT2D eigenvalue weighted by Crippen LogP contribution is 2.32. The van der Waals surface area contributed by atoms with Gasteiger partial charge in [-0.1, -0.05) is 40.9 Å². The highest BCUT2D eigenvalue weighted by molar-refractivity contribution is 6.35. The Balaban J connectivity index is 2.37. The third-order valence-electron chi connectivity index (χ3n) is 2.32. The smallest absolute Gasteiger partial charge is 0.160 e. The summed E-state index contributed by atoms with van der Waals surface area (Å²) < 4.78 is 13.3. The summed E-state index contributed by atoms with van der Waals surface area (Å²) >= 11 is 17.3. The van der Waals surface area contributed by atoms with Gasteiger partial charge in [-0.2, -0.15) is 0 Å². The normalized spacial score (nSPS) is 10.4. The van der Waals surface area contributed by atoms with Gasteiger partial charge in [0, 0.05) is 5.69 Å². The molecule has 0 saturated heterocycles. The molecule has 0 aromatic heterocycles. The predicted molar refractivity (Wildman–Crippen MR) is 75.6 cm³/mol. The number of anilines is 3. The molecule has 94 valence electrons. The van der Waals surface area contributed by atoms with E-state index in [0.29, 0.717) is 22.1 Å². The molecular weight excluding hydrogens is 298 g/mol. The number of nitrogens with one attached hydrogen (secondary N) is 1. The van der Waals surface area contributed by atoms with Crippen molar-refractivity contribution in [2.24, 2.45) is 0 Å². The van der Waals surface area contributed by atoms with E-state index in [1.807, 2.05) is 0 Å². The van der Waals surface area contributed by atoms with Crippen LogP contribution < -0.4 is 11.1 Å². The fourth-order valence-electron chi connectivity index (χ4n) is 1.43. The minimum Gasteiger partial charge on any atom is -0.396 e. The number of halogens is 4. The van der Waals surface area contributed by atoms with Gasteiger partial charge >= 0.3 is 0 Å². The van der Waals surface area contributed by atoms with E-state index < -0.39 is 5.82 Å². The van der Waals surface area contributed by atoms with Crippen LogP contribution in [-0.2, 0) is 0 Å². The van der Waals surface area contributed by atoms with Gasteiger partial charge in [0.25, 0.3) is 0 Å². The lowest BCUT2D eigenvalue weighted by Gasteiger charge is -2.11. The Morgan fingerprint density at radius 2 is 1.61 bits per heavy atom. The summed E-state index contributed by atoms with van der Waals surface area (Å²) in [5.74, 6) is -0.650. The molecule has 2 rings (SSSR count). The van der Waals surface area contributed by atoms with Crippen LogP contribution in [0.3, 0.4) is 0 Å². The molecule has 0 atom stereocenters. The molecule has 0 amide bonds. The number of hydrogen-bond acceptors (Lipinski definition) is 2. The van der Waals surface area contributed by atoms with Crippen LogP contribution in [0.5, 0.6) is 0 Å². The molecule has 3 N–H and O–H groups in total. The van der Waals surface area contributed by atoms with Gasteiger partial charge in [-0.05, 0) is 24.3 Å². The summed E-state index contributed by atoms with van der Waals surface area (Å²) in [6.45, 7) is 0. The van der Waals surface area contributed by atoms with Gasteiger partial charge < -0.3 is 11.1 Å². The maximum atomic E-state index is 13.3. The Morgan fingerprint density at radius 1 is 1.00 bits per heavy atom. The molecule has 0 unspecified atom stereocenters. The van der Waals surface area contributed by atoms with Crippen molar-refractivity contribution in [3.8, 4) is 0 Å². The lowest BCUT2D eigenvalue weighted by atomic mass is 10.2. The molecule has 0 fully saturated rings. The molecule has 2 aromatic carbocycles. The second kappa shape index (κ2) is 5.22. The first-order chi connectivity index (χ1) is 8.49. The van der Waals surface area contributed by atoms with E-state index in [2.05, 4.69) is 5.32 Å². The van der Waals surface area contributed by atoms with E-state index in [1.54, 1.807) is 18.2 Å². The monoisotopic (exact) mass is 304 g/mol. The van der Waals surface area contributed by atoms with Crippen LogP contribution >= 0.6 is 34.8 Å². The lowest BCUT2D eigenvalue weighted by Crippen LogP contribution is -1.97. The van der Waals surface area contributed by atoms with Crippen LogP contribution in [0.15, 0.2) is 30.3 Å². The zero-order valence-corrected chi connectivity index (χ0v) is 11.2. The molecular formula is C12H8Cl3FN2. The average molecular weight is 306 g/mol. The van der Waals surface area contributed by atoms with E-state index in [4.69, 9.17) is 40.5 Å². The Kier molecular flexibility index (Phi) is 3.85. The molecule has 2 aromatic rings. The van der Waals surface area contributed by atoms with Crippen molar-refractivity contribution in [3.05, 3.63) is 51.2 Å². The van der Waals surface area contributed by atoms with Crippen LogP contribution in [0.25, 0.3) is 0 Å². The van der Waals surface area contributed by atoms with Crippen molar-refractivity contribution in [2.75, 3.05) is 11.1 Å². The molecule has 0 spiro atoms. The summed E-state index contributed by atoms with van der Waals surface area (Å²) in [5, 5.41) is 3.28. The topological polar surface area (TPSA) is 38.0 Å². The summed E-state index contributed by atoms with van der Waals surface area (Å²) in [6, 6.07) is 8.00. The second-order valence-electron chi connectivity index (χ2n) is 3.58. The Labute approximate surface area is 118 Å². The van der Waals surface area contributed by atoms with Crippen LogP contribution in [0.4, 0.5) is 21.5 Å². The van der Waals surface area contributed by atoms with Gasteiger partial charge in [0.05, 0.1) is 26.4 Å². The molecule has 0 aliphatic heterocycles. The Hall–Kier alpha value is -1.16. The third-order valence-corrected chi connectivity index (χ3v) is 3.20. The van der Waals surface area contributed by atoms with Crippen molar-refractivity contribution in [2.45, 2.75) is 0 Å². The van der Waals surface area contributed by atoms with Crippen LogP contribution in [-0.4, -0.2) is 0 Å². The van der Waals surface area contributed by atoms with Crippen LogP contribution in [0.2, 0.25) is 15.1 Å². The Morgan fingerprint density at radius 3 is 2.22 bits per heavy atom. The SMILES string of the molecule is Nc1c(Cl)cccc1Nc1cc(Cl)c(F)c(Cl)c1. The van der Waals surface area contributed by atoms with E-state index in [9.17, 15) is 4.39 Å². The molecule has 0 bridgehead atoms. The molecule has 18 heavy (non-hydrogen) atoms. The van der Waals surface area contributed by atoms with Crippen LogP contribution in [0.1, 0.15) is 0 Å². The van der Waals surface area contributed by atoms with Gasteiger partial charge in [0.2, 0.25) is 0 Å². The van der Waals surface area contributed by atoms with Crippen molar-refractivity contribution in [1.82, 2.24) is 0 Å². The molecule has 0 heterocycles. The number of nitrogen functional groups attached to an aromatic ring is 1. The lowest BCUT2D eigenvalue weighted by molar-refractivity contribution is 0.629. The third kappa shape index (κ3) is 2.64. The second-order valence-corrected chi connectivity index (χ2v) is 4.80. The van der Waals surface area contributed by atoms with Crippen LogP contribution in [0, 0.1) is 5.82 Å². The maximum absolute atomic E-state index is 13.3. The number of para-hydroxylation sites is 1. The number of hydrogen-bond donors (Lipinski definition) is 2. The number of nitrogens with two attached hydrogens (primary N) is 1. The largest absolute Gasteiger partial charge is 0.396 e. The van der Waals surface area contributed by atoms with Gasteiger partial charge in [-0.25, -0.2) is 4.39 Å². The van der Waals surface area contributed by atoms with E-state index in [1.165, 1.54) is 12.1 Å². The van der Waals surface area contributed by atoms with E-state index in [0.717, 1.165) is 0 Å². The molecule has 0 radical (unpaired) electrons. The van der Waals surface area contributed by atoms with Gasteiger partial charge in [-0.3, -0.25) is 0 Å². The minimum absolute atomic E-state index is 0.0643. The number of benzene rings is 2. The predicted octanol–water partition coefficient (Wildman–Crippen LogP) is 5.11. The van der Waals surface area contributed by atoms with E-state index in [-0.39, 0.29) is 10.0 Å². The van der Waals surface area contributed by atoms with Crippen molar-refractivity contribution >= 4 is 51.9 Å². The Bertz CT molecular complexity index is 579. The zero-order chi connectivity index (χ0) is 13.3. The average Bonchev–Trinajstić information content (AvgIpc) is 2.32. The summed E-state index contributed by atoms with van der Waals surface area (Å²) in [6.07, 6.45) is 0. The fourth-order valence-corrected chi connectivity index (χ4v) is 2.09. The standard InChI is InChI=1S/C12H8Cl3FN2/c13-7-2-1-3-10(12(7)17)18-6-4-8(14)11(16)9(15)5-6/h1-5,18H,17H2. The van der Waals surface area contributed by atoms with Gasteiger partial charge in [0.1, 0.15) is 0 Å². The highest BCUT2D eigenvalue weighted by Gasteiger charge is 2.09. The first-order valence-electron chi connectivity index (χ1n) is 4.94. The summed E-state index contributed by atoms with van der Waals surface area (Å²) in [7, 11) is 0. The fraction of sp³-hybridized carbons (Fsp3) is 0. The summed E-state index contributed by atoms with van der Waals surface area (Å²) in [4.78, 5) is 0. The highest BCUT2D eigenvalue weighted by atomic mass is 35.5. The molecule has 0 saturated carbocycles. The quantitative estimate of drug-likeness (QED) is 0.597. The molecule has 2 nitrogen and oxygen atoms in total. The van der Waals surface area contributed by atoms with Gasteiger partial charge in [-0.15, -0.1) is 0 Å². The van der Waals surface area contributed by atoms with Crippen molar-refractivity contribution < 1.29 is 4.39 Å². The zero-order valence-electron chi connectivity index (χ0n) is 8.98. The van der Waals surface area contributed by atoms with E-state index >= 15 is 0 Å². The van der Waals surface area contributed by atoms with Gasteiger partial charge in [0.15, 0.2) is 5.82 Å². The molecule has 0 aliphatic rings. The first kappa shape index (κ1) is 13.3. The first-order valence-corrected chi connectivity index (χ1v) is 6.08. The maximum Gasteiger partial charge on any atom is 0.160 e. The minimum atomic E-state index is -0.650. The van der Waals surface area contributed by atoms with Crippen molar-refractivity contribution in [3.63, 3.8) is 0 Å².